The van der Waals surface area contributed by atoms with Gasteiger partial charge in [0.15, 0.2) is 0 Å². The van der Waals surface area contributed by atoms with E-state index in [1.807, 2.05) is 20.8 Å². The normalized spacial score (nSPS) is 15.6. The summed E-state index contributed by atoms with van der Waals surface area (Å²) < 4.78 is 73.8. The minimum atomic E-state index is -4.63. The topological polar surface area (TPSA) is 29.3 Å². The van der Waals surface area contributed by atoms with E-state index in [9.17, 15) is 26.3 Å². The third-order valence-corrected chi connectivity index (χ3v) is 3.20. The molecule has 0 heterocycles. The molecule has 0 fully saturated rings. The number of hydrogen-bond acceptors (Lipinski definition) is 2. The highest BCUT2D eigenvalue weighted by Crippen LogP contribution is 2.27. The molecule has 0 aliphatic rings. The van der Waals surface area contributed by atoms with Crippen LogP contribution in [0.4, 0.5) is 26.3 Å². The number of nitrogens with two attached hydrogens (primary N) is 1. The van der Waals surface area contributed by atoms with Gasteiger partial charge < -0.3 is 5.73 Å². The quantitative estimate of drug-likeness (QED) is 0.689. The Balaban J connectivity index is 4.47. The van der Waals surface area contributed by atoms with Gasteiger partial charge in [0.25, 0.3) is 0 Å². The van der Waals surface area contributed by atoms with Gasteiger partial charge in [-0.15, -0.1) is 0 Å². The maximum absolute atomic E-state index is 12.3. The second kappa shape index (κ2) is 7.67. The molecular formula is C13H24F6N2. The zero-order valence-electron chi connectivity index (χ0n) is 12.6. The van der Waals surface area contributed by atoms with Gasteiger partial charge in [-0.1, -0.05) is 20.8 Å². The van der Waals surface area contributed by atoms with Gasteiger partial charge in [0, 0.05) is 0 Å². The maximum atomic E-state index is 12.3. The van der Waals surface area contributed by atoms with Crippen LogP contribution in [0.3, 0.4) is 0 Å². The van der Waals surface area contributed by atoms with E-state index >= 15 is 0 Å². The molecule has 0 spiro atoms. The third-order valence-electron chi connectivity index (χ3n) is 3.20. The summed E-state index contributed by atoms with van der Waals surface area (Å²) in [5, 5.41) is 0. The molecule has 0 aliphatic heterocycles. The van der Waals surface area contributed by atoms with E-state index in [1.54, 1.807) is 0 Å². The standard InChI is InChI=1S/C13H24F6N2/c1-10(6-11(2,3)7-20)4-5-21(8-12(14,15)16)9-13(17,18)19/h10H,4-9,20H2,1-3H3. The van der Waals surface area contributed by atoms with Crippen LogP contribution in [0.15, 0.2) is 0 Å². The van der Waals surface area contributed by atoms with Crippen LogP contribution in [-0.4, -0.2) is 43.4 Å². The van der Waals surface area contributed by atoms with E-state index in [1.165, 1.54) is 0 Å². The Morgan fingerprint density at radius 2 is 1.38 bits per heavy atom. The summed E-state index contributed by atoms with van der Waals surface area (Å²) >= 11 is 0. The van der Waals surface area contributed by atoms with Crippen molar-refractivity contribution in [3.05, 3.63) is 0 Å². The average molecular weight is 322 g/mol. The van der Waals surface area contributed by atoms with Gasteiger partial charge in [-0.2, -0.15) is 26.3 Å². The zero-order chi connectivity index (χ0) is 16.9. The summed E-state index contributed by atoms with van der Waals surface area (Å²) in [6.45, 7) is 2.77. The lowest BCUT2D eigenvalue weighted by molar-refractivity contribution is -0.180. The van der Waals surface area contributed by atoms with Crippen LogP contribution in [0.25, 0.3) is 0 Å². The summed E-state index contributed by atoms with van der Waals surface area (Å²) in [6, 6.07) is 0. The van der Waals surface area contributed by atoms with Crippen molar-refractivity contribution in [3.63, 3.8) is 0 Å². The minimum absolute atomic E-state index is 0.00696. The van der Waals surface area contributed by atoms with E-state index in [0.717, 1.165) is 0 Å². The third kappa shape index (κ3) is 11.8. The van der Waals surface area contributed by atoms with Crippen molar-refractivity contribution in [1.29, 1.82) is 0 Å². The van der Waals surface area contributed by atoms with E-state index in [2.05, 4.69) is 0 Å². The molecule has 2 nitrogen and oxygen atoms in total. The monoisotopic (exact) mass is 322 g/mol. The van der Waals surface area contributed by atoms with Gasteiger partial charge in [-0.3, -0.25) is 4.90 Å². The molecule has 0 aromatic heterocycles. The van der Waals surface area contributed by atoms with Crippen molar-refractivity contribution in [3.8, 4) is 0 Å². The predicted molar refractivity (Wildman–Crippen MR) is 69.8 cm³/mol. The first-order valence-electron chi connectivity index (χ1n) is 6.80. The van der Waals surface area contributed by atoms with Crippen molar-refractivity contribution < 1.29 is 26.3 Å². The van der Waals surface area contributed by atoms with Crippen LogP contribution in [0.2, 0.25) is 0 Å². The van der Waals surface area contributed by atoms with Gasteiger partial charge in [0.2, 0.25) is 0 Å². The fraction of sp³-hybridized carbons (Fsp3) is 1.00. The predicted octanol–water partition coefficient (Wildman–Crippen LogP) is 3.81. The van der Waals surface area contributed by atoms with Crippen molar-refractivity contribution in [1.82, 2.24) is 4.90 Å². The van der Waals surface area contributed by atoms with Gasteiger partial charge in [-0.05, 0) is 37.3 Å². The van der Waals surface area contributed by atoms with Gasteiger partial charge >= 0.3 is 12.4 Å². The number of rotatable bonds is 8. The molecule has 0 amide bonds. The summed E-state index contributed by atoms with van der Waals surface area (Å²) in [7, 11) is 0. The van der Waals surface area contributed by atoms with Crippen LogP contribution in [0.5, 0.6) is 0 Å². The first kappa shape index (κ1) is 20.5. The summed E-state index contributed by atoms with van der Waals surface area (Å²) in [6.07, 6.45) is -8.33. The SMILES string of the molecule is CC(CCN(CC(F)(F)F)CC(F)(F)F)CC(C)(C)CN. The highest BCUT2D eigenvalue weighted by Gasteiger charge is 2.37. The first-order valence-corrected chi connectivity index (χ1v) is 6.80. The molecular weight excluding hydrogens is 298 g/mol. The lowest BCUT2D eigenvalue weighted by Gasteiger charge is -2.29. The number of nitrogens with zero attached hydrogens (tertiary/aromatic N) is 1. The van der Waals surface area contributed by atoms with E-state index < -0.39 is 25.4 Å². The molecule has 0 saturated carbocycles. The van der Waals surface area contributed by atoms with Crippen LogP contribution in [0.1, 0.15) is 33.6 Å². The van der Waals surface area contributed by atoms with E-state index in [-0.39, 0.29) is 24.3 Å². The molecule has 0 radical (unpaired) electrons. The highest BCUT2D eigenvalue weighted by molar-refractivity contribution is 4.74. The molecule has 0 rings (SSSR count). The zero-order valence-corrected chi connectivity index (χ0v) is 12.6. The largest absolute Gasteiger partial charge is 0.401 e. The lowest BCUT2D eigenvalue weighted by atomic mass is 9.82. The smallest absolute Gasteiger partial charge is 0.330 e. The van der Waals surface area contributed by atoms with Crippen molar-refractivity contribution >= 4 is 0 Å². The molecule has 21 heavy (non-hydrogen) atoms. The molecule has 0 saturated heterocycles. The minimum Gasteiger partial charge on any atom is -0.330 e. The number of alkyl halides is 6. The van der Waals surface area contributed by atoms with E-state index in [4.69, 9.17) is 5.73 Å². The number of halogens is 6. The van der Waals surface area contributed by atoms with Crippen LogP contribution < -0.4 is 5.73 Å². The lowest BCUT2D eigenvalue weighted by Crippen LogP contribution is -2.41. The average Bonchev–Trinajstić information content (AvgIpc) is 2.21. The summed E-state index contributed by atoms with van der Waals surface area (Å²) in [5.74, 6) is 0.00696. The van der Waals surface area contributed by atoms with Gasteiger partial charge in [0.05, 0.1) is 13.1 Å². The van der Waals surface area contributed by atoms with Crippen LogP contribution in [-0.2, 0) is 0 Å². The van der Waals surface area contributed by atoms with Crippen molar-refractivity contribution in [2.45, 2.75) is 46.0 Å². The second-order valence-corrected chi connectivity index (χ2v) is 6.41. The first-order chi connectivity index (χ1) is 9.24. The van der Waals surface area contributed by atoms with Gasteiger partial charge in [0.1, 0.15) is 0 Å². The Hall–Kier alpha value is -0.500. The maximum Gasteiger partial charge on any atom is 0.401 e. The fourth-order valence-corrected chi connectivity index (χ4v) is 2.25. The Morgan fingerprint density at radius 3 is 1.71 bits per heavy atom. The highest BCUT2D eigenvalue weighted by atomic mass is 19.4. The molecule has 1 unspecified atom stereocenters. The Kier molecular flexibility index (Phi) is 7.49. The Labute approximate surface area is 121 Å². The Bertz CT molecular complexity index is 282. The van der Waals surface area contributed by atoms with Crippen LogP contribution in [0, 0.1) is 11.3 Å². The summed E-state index contributed by atoms with van der Waals surface area (Å²) in [5.41, 5.74) is 5.40. The number of hydrogen-bond donors (Lipinski definition) is 1. The molecule has 0 bridgehead atoms. The second-order valence-electron chi connectivity index (χ2n) is 6.41. The molecule has 0 aliphatic carbocycles. The van der Waals surface area contributed by atoms with E-state index in [0.29, 0.717) is 17.9 Å². The molecule has 128 valence electrons. The summed E-state index contributed by atoms with van der Waals surface area (Å²) in [4.78, 5) is 0.409. The van der Waals surface area contributed by atoms with Crippen LogP contribution >= 0.6 is 0 Å². The fourth-order valence-electron chi connectivity index (χ4n) is 2.25. The molecule has 1 atom stereocenters. The molecule has 8 heteroatoms. The molecule has 2 N–H and O–H groups in total. The van der Waals surface area contributed by atoms with Gasteiger partial charge in [-0.25, -0.2) is 0 Å². The molecule has 0 aromatic rings. The Morgan fingerprint density at radius 1 is 0.952 bits per heavy atom. The van der Waals surface area contributed by atoms with Crippen molar-refractivity contribution in [2.24, 2.45) is 17.1 Å². The molecule has 0 aromatic carbocycles. The van der Waals surface area contributed by atoms with Crippen molar-refractivity contribution in [2.75, 3.05) is 26.2 Å².